The van der Waals surface area contributed by atoms with E-state index in [1.54, 1.807) is 0 Å². The van der Waals surface area contributed by atoms with Gasteiger partial charge in [-0.1, -0.05) is 13.0 Å². The maximum absolute atomic E-state index is 10.5. The molecule has 0 bridgehead atoms. The molecule has 0 aromatic heterocycles. The van der Waals surface area contributed by atoms with Crippen LogP contribution in [-0.2, 0) is 6.42 Å². The highest BCUT2D eigenvalue weighted by molar-refractivity contribution is 5.40. The van der Waals surface area contributed by atoms with E-state index in [0.29, 0.717) is 23.5 Å². The van der Waals surface area contributed by atoms with Crippen LogP contribution in [0.25, 0.3) is 0 Å². The lowest BCUT2D eigenvalue weighted by Gasteiger charge is -2.50. The summed E-state index contributed by atoms with van der Waals surface area (Å²) in [6.07, 6.45) is 5.39. The van der Waals surface area contributed by atoms with Gasteiger partial charge < -0.3 is 15.5 Å². The summed E-state index contributed by atoms with van der Waals surface area (Å²) in [5.74, 6) is 2.30. The van der Waals surface area contributed by atoms with E-state index in [9.17, 15) is 10.2 Å². The molecule has 2 fully saturated rings. The Morgan fingerprint density at radius 3 is 2.86 bits per heavy atom. The first-order valence-electron chi connectivity index (χ1n) is 8.71. The molecule has 6 atom stereocenters. The summed E-state index contributed by atoms with van der Waals surface area (Å²) in [6.45, 7) is 2.39. The molecule has 0 aliphatic heterocycles. The van der Waals surface area contributed by atoms with Crippen LogP contribution < -0.4 is 5.32 Å². The lowest BCUT2D eigenvalue weighted by molar-refractivity contribution is 0.0382. The van der Waals surface area contributed by atoms with Crippen molar-refractivity contribution in [3.63, 3.8) is 0 Å². The van der Waals surface area contributed by atoms with Gasteiger partial charge >= 0.3 is 0 Å². The third kappa shape index (κ3) is 1.88. The van der Waals surface area contributed by atoms with Gasteiger partial charge in [0.05, 0.1) is 6.10 Å². The van der Waals surface area contributed by atoms with E-state index in [1.807, 2.05) is 19.2 Å². The van der Waals surface area contributed by atoms with Crippen LogP contribution in [0.2, 0.25) is 0 Å². The minimum Gasteiger partial charge on any atom is -0.508 e. The van der Waals surface area contributed by atoms with E-state index in [0.717, 1.165) is 12.8 Å². The molecule has 3 aliphatic rings. The molecule has 1 aromatic carbocycles. The van der Waals surface area contributed by atoms with Crippen molar-refractivity contribution in [2.24, 2.45) is 17.3 Å². The molecular weight excluding hydrogens is 274 g/mol. The number of likely N-dealkylation sites (N-methyl/N-ethyl adjacent to an activating group) is 1. The lowest BCUT2D eigenvalue weighted by atomic mass is 9.55. The molecule has 0 radical (unpaired) electrons. The number of benzene rings is 1. The molecule has 3 heteroatoms. The molecule has 22 heavy (non-hydrogen) atoms. The van der Waals surface area contributed by atoms with Gasteiger partial charge in [-0.15, -0.1) is 0 Å². The fourth-order valence-corrected chi connectivity index (χ4v) is 6.10. The number of phenols is 1. The predicted octanol–water partition coefficient (Wildman–Crippen LogP) is 2.81. The first-order valence-corrected chi connectivity index (χ1v) is 8.71. The van der Waals surface area contributed by atoms with Gasteiger partial charge in [-0.3, -0.25) is 0 Å². The molecule has 120 valence electrons. The van der Waals surface area contributed by atoms with Crippen molar-refractivity contribution in [1.29, 1.82) is 0 Å². The monoisotopic (exact) mass is 301 g/mol. The number of rotatable bonds is 1. The van der Waals surface area contributed by atoms with Gasteiger partial charge in [0.25, 0.3) is 0 Å². The number of aliphatic hydroxyl groups is 1. The summed E-state index contributed by atoms with van der Waals surface area (Å²) in [4.78, 5) is 0. The Kier molecular flexibility index (Phi) is 3.28. The fraction of sp³-hybridized carbons (Fsp3) is 0.684. The Labute approximate surface area is 132 Å². The van der Waals surface area contributed by atoms with Crippen molar-refractivity contribution in [3.05, 3.63) is 29.3 Å². The quantitative estimate of drug-likeness (QED) is 0.747. The van der Waals surface area contributed by atoms with Crippen LogP contribution in [0.1, 0.15) is 49.7 Å². The second-order valence-electron chi connectivity index (χ2n) is 7.91. The third-order valence-corrected chi connectivity index (χ3v) is 7.05. The number of hydrogen-bond donors (Lipinski definition) is 3. The number of hydrogen-bond acceptors (Lipinski definition) is 3. The third-order valence-electron chi connectivity index (χ3n) is 7.05. The first-order chi connectivity index (χ1) is 10.5. The summed E-state index contributed by atoms with van der Waals surface area (Å²) in [7, 11) is 1.99. The van der Waals surface area contributed by atoms with Crippen LogP contribution in [0, 0.1) is 17.3 Å². The number of nitrogens with one attached hydrogen (secondary N) is 1. The summed E-state index contributed by atoms with van der Waals surface area (Å²) < 4.78 is 0. The SMILES string of the molecule is CN[C@@H]1[C@@H](O)C[C@H]2[C@@H]3CCc4cc(O)ccc4[C@H]3CC[C@]12C. The molecule has 4 rings (SSSR count). The molecule has 3 aliphatic carbocycles. The maximum atomic E-state index is 10.5. The van der Waals surface area contributed by atoms with Crippen molar-refractivity contribution in [2.45, 2.75) is 57.1 Å². The van der Waals surface area contributed by atoms with Crippen molar-refractivity contribution < 1.29 is 10.2 Å². The number of phenolic OH excluding ortho intramolecular Hbond substituents is 1. The number of aryl methyl sites for hydroxylation is 1. The summed E-state index contributed by atoms with van der Waals surface area (Å²) >= 11 is 0. The van der Waals surface area contributed by atoms with Gasteiger partial charge in [0.15, 0.2) is 0 Å². The normalized spacial score (nSPS) is 43.3. The molecular formula is C19H27NO2. The lowest BCUT2D eigenvalue weighted by Crippen LogP contribution is -2.49. The average Bonchev–Trinajstić information content (AvgIpc) is 2.76. The van der Waals surface area contributed by atoms with Crippen LogP contribution in [-0.4, -0.2) is 29.4 Å². The molecule has 0 saturated heterocycles. The predicted molar refractivity (Wildman–Crippen MR) is 87.0 cm³/mol. The summed E-state index contributed by atoms with van der Waals surface area (Å²) in [5, 5.41) is 23.6. The Morgan fingerprint density at radius 1 is 1.27 bits per heavy atom. The molecule has 0 unspecified atom stereocenters. The highest BCUT2D eigenvalue weighted by Crippen LogP contribution is 2.60. The van der Waals surface area contributed by atoms with E-state index in [4.69, 9.17) is 0 Å². The zero-order valence-corrected chi connectivity index (χ0v) is 13.5. The van der Waals surface area contributed by atoms with Gasteiger partial charge in [-0.25, -0.2) is 0 Å². The van der Waals surface area contributed by atoms with Crippen LogP contribution in [0.5, 0.6) is 5.75 Å². The van der Waals surface area contributed by atoms with Crippen LogP contribution in [0.15, 0.2) is 18.2 Å². The van der Waals surface area contributed by atoms with E-state index < -0.39 is 0 Å². The van der Waals surface area contributed by atoms with Gasteiger partial charge in [0, 0.05) is 6.04 Å². The van der Waals surface area contributed by atoms with Crippen molar-refractivity contribution >= 4 is 0 Å². The number of fused-ring (bicyclic) bond motifs is 5. The molecule has 3 nitrogen and oxygen atoms in total. The zero-order valence-electron chi connectivity index (χ0n) is 13.5. The smallest absolute Gasteiger partial charge is 0.115 e. The highest BCUT2D eigenvalue weighted by atomic mass is 16.3. The topological polar surface area (TPSA) is 52.5 Å². The van der Waals surface area contributed by atoms with Crippen LogP contribution in [0.3, 0.4) is 0 Å². The van der Waals surface area contributed by atoms with E-state index >= 15 is 0 Å². The second-order valence-corrected chi connectivity index (χ2v) is 7.91. The maximum Gasteiger partial charge on any atom is 0.115 e. The summed E-state index contributed by atoms with van der Waals surface area (Å²) in [5.41, 5.74) is 3.02. The molecule has 0 amide bonds. The van der Waals surface area contributed by atoms with Gasteiger partial charge in [-0.2, -0.15) is 0 Å². The van der Waals surface area contributed by atoms with Crippen molar-refractivity contribution in [2.75, 3.05) is 7.05 Å². The van der Waals surface area contributed by atoms with E-state index in [-0.39, 0.29) is 17.6 Å². The average molecular weight is 301 g/mol. The van der Waals surface area contributed by atoms with Gasteiger partial charge in [-0.05, 0) is 85.6 Å². The van der Waals surface area contributed by atoms with Crippen molar-refractivity contribution in [3.8, 4) is 5.75 Å². The fourth-order valence-electron chi connectivity index (χ4n) is 6.10. The highest BCUT2D eigenvalue weighted by Gasteiger charge is 2.57. The summed E-state index contributed by atoms with van der Waals surface area (Å²) in [6, 6.07) is 6.18. The standard InChI is InChI=1S/C19H27NO2/c1-19-8-7-14-13-6-4-12(21)9-11(13)3-5-15(14)16(19)10-17(22)18(19)20-2/h4,6,9,14-18,20-22H,3,5,7-8,10H2,1-2H3/t14-,15-,16+,17+,18-,19+/m1/s1. The molecule has 1 aromatic rings. The van der Waals surface area contributed by atoms with Crippen LogP contribution >= 0.6 is 0 Å². The van der Waals surface area contributed by atoms with Gasteiger partial charge in [0.2, 0.25) is 0 Å². The van der Waals surface area contributed by atoms with Gasteiger partial charge in [0.1, 0.15) is 5.75 Å². The van der Waals surface area contributed by atoms with Crippen molar-refractivity contribution in [1.82, 2.24) is 5.32 Å². The molecule has 3 N–H and O–H groups in total. The van der Waals surface area contributed by atoms with Crippen LogP contribution in [0.4, 0.5) is 0 Å². The Morgan fingerprint density at radius 2 is 2.09 bits per heavy atom. The largest absolute Gasteiger partial charge is 0.508 e. The number of aromatic hydroxyl groups is 1. The first kappa shape index (κ1) is 14.5. The number of aliphatic hydroxyl groups excluding tert-OH is 1. The Bertz CT molecular complexity index is 587. The molecule has 0 heterocycles. The minimum absolute atomic E-state index is 0.208. The molecule has 0 spiro atoms. The minimum atomic E-state index is -0.208. The second kappa shape index (κ2) is 4.97. The van der Waals surface area contributed by atoms with E-state index in [2.05, 4.69) is 18.3 Å². The Balaban J connectivity index is 1.69. The zero-order chi connectivity index (χ0) is 15.5. The Hall–Kier alpha value is -1.06. The molecule has 2 saturated carbocycles. The van der Waals surface area contributed by atoms with E-state index in [1.165, 1.54) is 30.4 Å².